The van der Waals surface area contributed by atoms with E-state index in [1.807, 2.05) is 12.1 Å². The number of rotatable bonds is 4. The van der Waals surface area contributed by atoms with Gasteiger partial charge in [0.2, 0.25) is 0 Å². The maximum atomic E-state index is 11.0. The Bertz CT molecular complexity index is 408. The first kappa shape index (κ1) is 13.1. The molecule has 1 unspecified atom stereocenters. The number of hydrogen-bond donors (Lipinski definition) is 1. The van der Waals surface area contributed by atoms with Crippen LogP contribution in [0.2, 0.25) is 0 Å². The van der Waals surface area contributed by atoms with Crippen molar-refractivity contribution in [2.24, 2.45) is 5.92 Å². The van der Waals surface area contributed by atoms with Crippen molar-refractivity contribution in [3.05, 3.63) is 35.4 Å². The van der Waals surface area contributed by atoms with Crippen molar-refractivity contribution in [2.75, 3.05) is 13.2 Å². The van der Waals surface area contributed by atoms with Crippen LogP contribution in [0.15, 0.2) is 24.3 Å². The van der Waals surface area contributed by atoms with Crippen LogP contribution in [0.25, 0.3) is 0 Å². The quantitative estimate of drug-likeness (QED) is 0.891. The smallest absolute Gasteiger partial charge is 0.306 e. The molecule has 1 atom stereocenters. The van der Waals surface area contributed by atoms with Gasteiger partial charge in [0.05, 0.1) is 5.92 Å². The minimum Gasteiger partial charge on any atom is -0.481 e. The predicted octanol–water partition coefficient (Wildman–Crippen LogP) is 2.84. The van der Waals surface area contributed by atoms with Crippen molar-refractivity contribution >= 4 is 5.97 Å². The van der Waals surface area contributed by atoms with E-state index >= 15 is 0 Å². The van der Waals surface area contributed by atoms with Gasteiger partial charge in [-0.05, 0) is 36.3 Å². The fraction of sp³-hybridized carbons (Fsp3) is 0.533. The van der Waals surface area contributed by atoms with Gasteiger partial charge in [0, 0.05) is 13.2 Å². The lowest BCUT2D eigenvalue weighted by atomic mass is 9.85. The first-order chi connectivity index (χ1) is 8.68. The second kappa shape index (κ2) is 6.01. The lowest BCUT2D eigenvalue weighted by Gasteiger charge is -2.25. The van der Waals surface area contributed by atoms with E-state index in [0.29, 0.717) is 12.3 Å². The zero-order valence-corrected chi connectivity index (χ0v) is 10.8. The second-order valence-corrected chi connectivity index (χ2v) is 5.03. The molecule has 1 aliphatic rings. The molecule has 18 heavy (non-hydrogen) atoms. The van der Waals surface area contributed by atoms with Gasteiger partial charge in [0.15, 0.2) is 0 Å². The highest BCUT2D eigenvalue weighted by atomic mass is 16.5. The highest BCUT2D eigenvalue weighted by Gasteiger charge is 2.20. The van der Waals surface area contributed by atoms with Gasteiger partial charge in [0.25, 0.3) is 0 Å². The Morgan fingerprint density at radius 2 is 2.06 bits per heavy atom. The molecule has 0 bridgehead atoms. The van der Waals surface area contributed by atoms with Crippen molar-refractivity contribution in [1.29, 1.82) is 0 Å². The van der Waals surface area contributed by atoms with Crippen LogP contribution in [-0.2, 0) is 16.0 Å². The zero-order chi connectivity index (χ0) is 13.0. The molecule has 1 aliphatic heterocycles. The van der Waals surface area contributed by atoms with Gasteiger partial charge in [0.1, 0.15) is 0 Å². The highest BCUT2D eigenvalue weighted by Crippen LogP contribution is 2.30. The molecule has 1 N–H and O–H groups in total. The molecule has 1 aromatic rings. The zero-order valence-electron chi connectivity index (χ0n) is 10.8. The fourth-order valence-electron chi connectivity index (χ4n) is 2.54. The van der Waals surface area contributed by atoms with Crippen molar-refractivity contribution in [1.82, 2.24) is 0 Å². The molecule has 1 fully saturated rings. The van der Waals surface area contributed by atoms with E-state index in [0.717, 1.165) is 26.1 Å². The van der Waals surface area contributed by atoms with Crippen LogP contribution in [0.1, 0.15) is 36.8 Å². The topological polar surface area (TPSA) is 46.5 Å². The molecular weight excluding hydrogens is 228 g/mol. The molecule has 1 saturated heterocycles. The molecule has 0 saturated carbocycles. The Balaban J connectivity index is 2.16. The van der Waals surface area contributed by atoms with E-state index in [2.05, 4.69) is 12.1 Å². The molecule has 0 amide bonds. The first-order valence-corrected chi connectivity index (χ1v) is 6.57. The largest absolute Gasteiger partial charge is 0.481 e. The van der Waals surface area contributed by atoms with Crippen LogP contribution in [-0.4, -0.2) is 24.3 Å². The molecule has 1 heterocycles. The average Bonchev–Trinajstić information content (AvgIpc) is 2.40. The highest BCUT2D eigenvalue weighted by molar-refractivity contribution is 5.70. The number of carboxylic acids is 1. The van der Waals surface area contributed by atoms with Crippen LogP contribution >= 0.6 is 0 Å². The SMILES string of the molecule is CC(Cc1ccccc1C1CCOCC1)C(=O)O. The number of benzene rings is 1. The van der Waals surface area contributed by atoms with E-state index in [-0.39, 0.29) is 5.92 Å². The Labute approximate surface area is 108 Å². The lowest BCUT2D eigenvalue weighted by Crippen LogP contribution is -2.18. The summed E-state index contributed by atoms with van der Waals surface area (Å²) in [5, 5.41) is 9.02. The predicted molar refractivity (Wildman–Crippen MR) is 69.7 cm³/mol. The molecular formula is C15H20O3. The maximum Gasteiger partial charge on any atom is 0.306 e. The van der Waals surface area contributed by atoms with Crippen molar-refractivity contribution in [2.45, 2.75) is 32.1 Å². The summed E-state index contributed by atoms with van der Waals surface area (Å²) in [6.07, 6.45) is 2.69. The monoisotopic (exact) mass is 248 g/mol. The van der Waals surface area contributed by atoms with E-state index in [1.165, 1.54) is 11.1 Å². The van der Waals surface area contributed by atoms with Gasteiger partial charge >= 0.3 is 5.97 Å². The van der Waals surface area contributed by atoms with E-state index < -0.39 is 5.97 Å². The third-order valence-electron chi connectivity index (χ3n) is 3.66. The third kappa shape index (κ3) is 3.10. The maximum absolute atomic E-state index is 11.0. The standard InChI is InChI=1S/C15H20O3/c1-11(15(16)17)10-13-4-2-3-5-14(13)12-6-8-18-9-7-12/h2-5,11-12H,6-10H2,1H3,(H,16,17). The number of hydrogen-bond acceptors (Lipinski definition) is 2. The molecule has 0 spiro atoms. The Kier molecular flexibility index (Phi) is 4.37. The molecule has 0 aromatic heterocycles. The Morgan fingerprint density at radius 3 is 2.72 bits per heavy atom. The molecule has 1 aromatic carbocycles. The Morgan fingerprint density at radius 1 is 1.39 bits per heavy atom. The summed E-state index contributed by atoms with van der Waals surface area (Å²) >= 11 is 0. The van der Waals surface area contributed by atoms with Crippen molar-refractivity contribution in [3.63, 3.8) is 0 Å². The summed E-state index contributed by atoms with van der Waals surface area (Å²) in [5.74, 6) is -0.529. The van der Waals surface area contributed by atoms with Gasteiger partial charge in [-0.25, -0.2) is 0 Å². The summed E-state index contributed by atoms with van der Waals surface area (Å²) in [4.78, 5) is 11.0. The minimum absolute atomic E-state index is 0.328. The molecule has 2 rings (SSSR count). The molecule has 0 aliphatic carbocycles. The van der Waals surface area contributed by atoms with E-state index in [1.54, 1.807) is 6.92 Å². The van der Waals surface area contributed by atoms with Crippen molar-refractivity contribution in [3.8, 4) is 0 Å². The van der Waals surface area contributed by atoms with Crippen LogP contribution in [0, 0.1) is 5.92 Å². The number of carbonyl (C=O) groups is 1. The summed E-state index contributed by atoms with van der Waals surface area (Å²) in [6.45, 7) is 3.39. The average molecular weight is 248 g/mol. The molecule has 0 radical (unpaired) electrons. The van der Waals surface area contributed by atoms with Crippen LogP contribution in [0.4, 0.5) is 0 Å². The summed E-state index contributed by atoms with van der Waals surface area (Å²) in [7, 11) is 0. The van der Waals surface area contributed by atoms with Crippen LogP contribution in [0.3, 0.4) is 0 Å². The van der Waals surface area contributed by atoms with Gasteiger partial charge in [-0.15, -0.1) is 0 Å². The summed E-state index contributed by atoms with van der Waals surface area (Å²) in [6, 6.07) is 8.23. The van der Waals surface area contributed by atoms with Gasteiger partial charge in [-0.1, -0.05) is 31.2 Å². The molecule has 3 nitrogen and oxygen atoms in total. The van der Waals surface area contributed by atoms with Gasteiger partial charge in [-0.2, -0.15) is 0 Å². The number of carboxylic acid groups (broad SMARTS) is 1. The second-order valence-electron chi connectivity index (χ2n) is 5.03. The third-order valence-corrected chi connectivity index (χ3v) is 3.66. The normalized spacial score (nSPS) is 18.5. The van der Waals surface area contributed by atoms with Gasteiger partial charge in [-0.3, -0.25) is 4.79 Å². The van der Waals surface area contributed by atoms with Gasteiger partial charge < -0.3 is 9.84 Å². The minimum atomic E-state index is -0.725. The lowest BCUT2D eigenvalue weighted by molar-refractivity contribution is -0.141. The fourth-order valence-corrected chi connectivity index (χ4v) is 2.54. The Hall–Kier alpha value is -1.35. The van der Waals surface area contributed by atoms with E-state index in [9.17, 15) is 4.79 Å². The van der Waals surface area contributed by atoms with E-state index in [4.69, 9.17) is 9.84 Å². The first-order valence-electron chi connectivity index (χ1n) is 6.57. The number of ether oxygens (including phenoxy) is 1. The summed E-state index contributed by atoms with van der Waals surface area (Å²) < 4.78 is 5.39. The molecule has 98 valence electrons. The van der Waals surface area contributed by atoms with Crippen LogP contribution < -0.4 is 0 Å². The van der Waals surface area contributed by atoms with Crippen LogP contribution in [0.5, 0.6) is 0 Å². The number of aliphatic carboxylic acids is 1. The summed E-state index contributed by atoms with van der Waals surface area (Å²) in [5.41, 5.74) is 2.49. The molecule has 3 heteroatoms. The van der Waals surface area contributed by atoms with Crippen molar-refractivity contribution < 1.29 is 14.6 Å².